The molecule has 1 aliphatic carbocycles. The van der Waals surface area contributed by atoms with Crippen LogP contribution in [0, 0.1) is 24.2 Å². The lowest BCUT2D eigenvalue weighted by Crippen LogP contribution is -2.29. The van der Waals surface area contributed by atoms with Crippen molar-refractivity contribution >= 4 is 28.2 Å². The molecule has 0 radical (unpaired) electrons. The fourth-order valence-electron chi connectivity index (χ4n) is 3.31. The minimum atomic E-state index is -0.838. The maximum absolute atomic E-state index is 12.3. The average Bonchev–Trinajstić information content (AvgIpc) is 3.01. The first-order chi connectivity index (χ1) is 13.9. The van der Waals surface area contributed by atoms with Gasteiger partial charge in [0, 0.05) is 4.88 Å². The van der Waals surface area contributed by atoms with Gasteiger partial charge in [-0.25, -0.2) is 4.79 Å². The Morgan fingerprint density at radius 2 is 2.21 bits per heavy atom. The van der Waals surface area contributed by atoms with Gasteiger partial charge in [0.25, 0.3) is 5.91 Å². The highest BCUT2D eigenvalue weighted by atomic mass is 32.1. The Morgan fingerprint density at radius 1 is 1.41 bits per heavy atom. The third-order valence-electron chi connectivity index (χ3n) is 4.86. The summed E-state index contributed by atoms with van der Waals surface area (Å²) in [6.45, 7) is 5.26. The number of esters is 1. The van der Waals surface area contributed by atoms with Gasteiger partial charge >= 0.3 is 5.97 Å². The number of carbonyl (C=O) groups is 2. The largest absolute Gasteiger partial charge is 0.479 e. The van der Waals surface area contributed by atoms with Crippen molar-refractivity contribution in [2.24, 2.45) is 5.92 Å². The van der Waals surface area contributed by atoms with Gasteiger partial charge in [-0.05, 0) is 62.3 Å². The van der Waals surface area contributed by atoms with Crippen molar-refractivity contribution < 1.29 is 19.1 Å². The zero-order valence-electron chi connectivity index (χ0n) is 16.8. The number of nitrogens with one attached hydrogen (secondary N) is 1. The second-order valence-corrected chi connectivity index (χ2v) is 8.51. The molecule has 7 heteroatoms. The van der Waals surface area contributed by atoms with Crippen molar-refractivity contribution in [3.63, 3.8) is 0 Å². The fraction of sp³-hybridized carbons (Fsp3) is 0.409. The molecule has 2 aromatic rings. The molecular formula is C22H24N2O4S. The van der Waals surface area contributed by atoms with Crippen molar-refractivity contribution in [2.75, 3.05) is 11.9 Å². The molecule has 1 N–H and O–H groups in total. The van der Waals surface area contributed by atoms with Gasteiger partial charge in [0.2, 0.25) is 0 Å². The molecule has 1 aromatic heterocycles. The molecule has 1 amide bonds. The molecule has 3 rings (SSSR count). The smallest absolute Gasteiger partial charge is 0.347 e. The number of hydrogen-bond acceptors (Lipinski definition) is 6. The zero-order valence-corrected chi connectivity index (χ0v) is 17.6. The molecule has 152 valence electrons. The van der Waals surface area contributed by atoms with E-state index in [0.717, 1.165) is 35.3 Å². The number of ether oxygens (including phenoxy) is 2. The van der Waals surface area contributed by atoms with Gasteiger partial charge in [-0.1, -0.05) is 19.1 Å². The summed E-state index contributed by atoms with van der Waals surface area (Å²) in [6, 6.07) is 9.55. The lowest BCUT2D eigenvalue weighted by molar-refractivity contribution is -0.153. The molecule has 2 atom stereocenters. The first-order valence-corrected chi connectivity index (χ1v) is 10.4. The van der Waals surface area contributed by atoms with Crippen LogP contribution in [0.2, 0.25) is 0 Å². The van der Waals surface area contributed by atoms with Crippen LogP contribution in [-0.4, -0.2) is 24.6 Å². The van der Waals surface area contributed by atoms with Gasteiger partial charge in [0.15, 0.2) is 12.7 Å². The highest BCUT2D eigenvalue weighted by Gasteiger charge is 2.25. The van der Waals surface area contributed by atoms with Crippen LogP contribution in [0.25, 0.3) is 0 Å². The van der Waals surface area contributed by atoms with E-state index >= 15 is 0 Å². The molecule has 1 aromatic carbocycles. The maximum atomic E-state index is 12.3. The maximum Gasteiger partial charge on any atom is 0.347 e. The van der Waals surface area contributed by atoms with Gasteiger partial charge in [0.1, 0.15) is 16.8 Å². The van der Waals surface area contributed by atoms with Crippen LogP contribution in [0.4, 0.5) is 5.00 Å². The molecule has 0 spiro atoms. The second-order valence-electron chi connectivity index (χ2n) is 7.40. The third-order valence-corrected chi connectivity index (χ3v) is 6.03. The van der Waals surface area contributed by atoms with Crippen LogP contribution < -0.4 is 10.1 Å². The summed E-state index contributed by atoms with van der Waals surface area (Å²) in [4.78, 5) is 25.5. The summed E-state index contributed by atoms with van der Waals surface area (Å²) in [6.07, 6.45) is 1.99. The van der Waals surface area contributed by atoms with E-state index < -0.39 is 24.6 Å². The van der Waals surface area contributed by atoms with E-state index in [9.17, 15) is 14.9 Å². The number of fused-ring (bicyclic) bond motifs is 1. The predicted octanol–water partition coefficient (Wildman–Crippen LogP) is 4.00. The number of rotatable bonds is 6. The molecule has 0 fully saturated rings. The van der Waals surface area contributed by atoms with Crippen LogP contribution >= 0.6 is 11.3 Å². The first-order valence-electron chi connectivity index (χ1n) is 9.61. The molecular weight excluding hydrogens is 388 g/mol. The van der Waals surface area contributed by atoms with E-state index in [4.69, 9.17) is 9.47 Å². The summed E-state index contributed by atoms with van der Waals surface area (Å²) >= 11 is 1.44. The van der Waals surface area contributed by atoms with Crippen molar-refractivity contribution in [3.8, 4) is 11.8 Å². The Morgan fingerprint density at radius 3 is 2.93 bits per heavy atom. The second kappa shape index (κ2) is 9.10. The van der Waals surface area contributed by atoms with Gasteiger partial charge in [0.05, 0.1) is 5.56 Å². The highest BCUT2D eigenvalue weighted by Crippen LogP contribution is 2.39. The zero-order chi connectivity index (χ0) is 21.0. The molecule has 29 heavy (non-hydrogen) atoms. The Labute approximate surface area is 174 Å². The number of nitrogens with zero attached hydrogens (tertiary/aromatic N) is 1. The van der Waals surface area contributed by atoms with E-state index in [1.807, 2.05) is 25.1 Å². The normalized spacial score (nSPS) is 16.3. The Hall–Kier alpha value is -2.85. The Kier molecular flexibility index (Phi) is 6.55. The number of aryl methyl sites for hydroxylation is 1. The summed E-state index contributed by atoms with van der Waals surface area (Å²) < 4.78 is 10.6. The van der Waals surface area contributed by atoms with Crippen molar-refractivity contribution in [1.82, 2.24) is 0 Å². The van der Waals surface area contributed by atoms with E-state index in [0.29, 0.717) is 22.2 Å². The van der Waals surface area contributed by atoms with Crippen LogP contribution in [0.3, 0.4) is 0 Å². The van der Waals surface area contributed by atoms with Gasteiger partial charge < -0.3 is 14.8 Å². The molecule has 0 saturated carbocycles. The van der Waals surface area contributed by atoms with Crippen LogP contribution in [0.1, 0.15) is 41.8 Å². The standard InChI is InChI=1S/C22H24N2O4S/c1-13-5-4-6-16(9-13)28-15(3)22(26)27-12-20(25)24-21-18(11-23)17-8-7-14(2)10-19(17)29-21/h4-6,9,14-15H,7-8,10,12H2,1-3H3,(H,24,25)/t14-,15-/m1/s1. The monoisotopic (exact) mass is 412 g/mol. The summed E-state index contributed by atoms with van der Waals surface area (Å²) in [5.41, 5.74) is 2.60. The van der Waals surface area contributed by atoms with Crippen molar-refractivity contribution in [2.45, 2.75) is 46.1 Å². The third kappa shape index (κ3) is 5.15. The summed E-state index contributed by atoms with van der Waals surface area (Å²) in [7, 11) is 0. The number of anilines is 1. The summed E-state index contributed by atoms with van der Waals surface area (Å²) in [5.74, 6) is 0.0498. The lowest BCUT2D eigenvalue weighted by atomic mass is 9.89. The minimum absolute atomic E-state index is 0.426. The number of amides is 1. The van der Waals surface area contributed by atoms with E-state index in [2.05, 4.69) is 18.3 Å². The molecule has 0 bridgehead atoms. The van der Waals surface area contributed by atoms with E-state index in [-0.39, 0.29) is 0 Å². The van der Waals surface area contributed by atoms with Crippen molar-refractivity contribution in [3.05, 3.63) is 45.8 Å². The predicted molar refractivity (Wildman–Crippen MR) is 111 cm³/mol. The number of hydrogen-bond donors (Lipinski definition) is 1. The number of thiophene rings is 1. The summed E-state index contributed by atoms with van der Waals surface area (Å²) in [5, 5.41) is 12.8. The van der Waals surface area contributed by atoms with E-state index in [1.54, 1.807) is 13.0 Å². The van der Waals surface area contributed by atoms with Crippen LogP contribution in [0.5, 0.6) is 5.75 Å². The quantitative estimate of drug-likeness (QED) is 0.725. The van der Waals surface area contributed by atoms with Gasteiger partial charge in [-0.15, -0.1) is 11.3 Å². The average molecular weight is 413 g/mol. The molecule has 1 aliphatic rings. The molecule has 0 aliphatic heterocycles. The Bertz CT molecular complexity index is 960. The molecule has 0 unspecified atom stereocenters. The van der Waals surface area contributed by atoms with Crippen LogP contribution in [0.15, 0.2) is 24.3 Å². The van der Waals surface area contributed by atoms with Crippen LogP contribution in [-0.2, 0) is 27.2 Å². The molecule has 1 heterocycles. The molecule has 0 saturated heterocycles. The Balaban J connectivity index is 1.55. The SMILES string of the molecule is Cc1cccc(O[C@H](C)C(=O)OCC(=O)Nc2sc3c(c2C#N)CC[C@@H](C)C3)c1. The minimum Gasteiger partial charge on any atom is -0.479 e. The van der Waals surface area contributed by atoms with Crippen molar-refractivity contribution in [1.29, 1.82) is 5.26 Å². The first kappa shape index (κ1) is 20.9. The topological polar surface area (TPSA) is 88.4 Å². The van der Waals surface area contributed by atoms with Gasteiger partial charge in [-0.3, -0.25) is 4.79 Å². The fourth-order valence-corrected chi connectivity index (χ4v) is 4.69. The number of benzene rings is 1. The number of carbonyl (C=O) groups excluding carboxylic acids is 2. The lowest BCUT2D eigenvalue weighted by Gasteiger charge is -2.17. The van der Waals surface area contributed by atoms with Gasteiger partial charge in [-0.2, -0.15) is 5.26 Å². The molecule has 6 nitrogen and oxygen atoms in total. The van der Waals surface area contributed by atoms with E-state index in [1.165, 1.54) is 11.3 Å². The highest BCUT2D eigenvalue weighted by molar-refractivity contribution is 7.16. The number of nitriles is 1.